The largest absolute Gasteiger partial charge is 0.486 e. The number of amides is 1. The summed E-state index contributed by atoms with van der Waals surface area (Å²) in [4.78, 5) is 21.4. The number of ether oxygens (including phenoxy) is 1. The minimum Gasteiger partial charge on any atom is -0.486 e. The Morgan fingerprint density at radius 1 is 1.10 bits per heavy atom. The Kier molecular flexibility index (Phi) is 5.29. The van der Waals surface area contributed by atoms with Crippen LogP contribution < -0.4 is 10.1 Å². The first-order valence-corrected chi connectivity index (χ1v) is 9.57. The summed E-state index contributed by atoms with van der Waals surface area (Å²) in [6.45, 7) is 2.66. The fourth-order valence-electron chi connectivity index (χ4n) is 3.23. The predicted molar refractivity (Wildman–Crippen MR) is 112 cm³/mol. The molecule has 29 heavy (non-hydrogen) atoms. The van der Waals surface area contributed by atoms with Gasteiger partial charge in [0.1, 0.15) is 30.5 Å². The number of aromatic nitrogens is 4. The molecule has 148 valence electrons. The van der Waals surface area contributed by atoms with Crippen LogP contribution in [-0.2, 0) is 31.4 Å². The summed E-state index contributed by atoms with van der Waals surface area (Å²) in [5, 5.41) is 2.94. The highest BCUT2D eigenvalue weighted by Crippen LogP contribution is 2.19. The molecule has 0 aliphatic rings. The molecule has 4 aromatic rings. The molecule has 7 heteroatoms. The lowest BCUT2D eigenvalue weighted by atomic mass is 10.3. The van der Waals surface area contributed by atoms with Gasteiger partial charge in [0.05, 0.1) is 11.0 Å². The van der Waals surface area contributed by atoms with E-state index in [1.807, 2.05) is 77.8 Å². The molecule has 0 atom stereocenters. The van der Waals surface area contributed by atoms with Crippen LogP contribution in [-0.4, -0.2) is 25.0 Å². The Hall–Kier alpha value is -3.61. The van der Waals surface area contributed by atoms with Crippen molar-refractivity contribution in [2.45, 2.75) is 26.5 Å². The van der Waals surface area contributed by atoms with Crippen LogP contribution in [0.4, 0.5) is 5.69 Å². The van der Waals surface area contributed by atoms with Crippen LogP contribution in [0.5, 0.6) is 5.75 Å². The van der Waals surface area contributed by atoms with Gasteiger partial charge in [-0.15, -0.1) is 0 Å². The van der Waals surface area contributed by atoms with Gasteiger partial charge in [0.15, 0.2) is 0 Å². The number of fused-ring (bicyclic) bond motifs is 1. The maximum atomic E-state index is 12.6. The Labute approximate surface area is 169 Å². The molecule has 0 spiro atoms. The van der Waals surface area contributed by atoms with Crippen molar-refractivity contribution in [3.05, 3.63) is 72.6 Å². The molecule has 0 radical (unpaired) electrons. The van der Waals surface area contributed by atoms with E-state index in [1.54, 1.807) is 6.20 Å². The van der Waals surface area contributed by atoms with Crippen LogP contribution in [0.1, 0.15) is 18.6 Å². The van der Waals surface area contributed by atoms with Crippen LogP contribution in [0.3, 0.4) is 0 Å². The van der Waals surface area contributed by atoms with Gasteiger partial charge in [0, 0.05) is 31.5 Å². The number of hydrogen-bond acceptors (Lipinski definition) is 4. The van der Waals surface area contributed by atoms with E-state index in [-0.39, 0.29) is 12.5 Å². The van der Waals surface area contributed by atoms with E-state index in [1.165, 1.54) is 0 Å². The summed E-state index contributed by atoms with van der Waals surface area (Å²) in [7, 11) is 1.93. The Morgan fingerprint density at radius 2 is 1.90 bits per heavy atom. The third-order valence-electron chi connectivity index (χ3n) is 4.78. The van der Waals surface area contributed by atoms with E-state index in [9.17, 15) is 4.79 Å². The van der Waals surface area contributed by atoms with E-state index in [0.29, 0.717) is 6.61 Å². The molecule has 0 aliphatic carbocycles. The average Bonchev–Trinajstić information content (AvgIpc) is 3.30. The molecular weight excluding hydrogens is 366 g/mol. The quantitative estimate of drug-likeness (QED) is 0.525. The highest BCUT2D eigenvalue weighted by atomic mass is 16.5. The zero-order valence-electron chi connectivity index (χ0n) is 16.5. The molecule has 1 amide bonds. The molecule has 2 aromatic heterocycles. The van der Waals surface area contributed by atoms with Crippen molar-refractivity contribution in [1.29, 1.82) is 0 Å². The molecule has 0 bridgehead atoms. The number of anilines is 1. The standard InChI is InChI=1S/C22H23N5O2/c1-3-20-25-18-6-4-5-7-19(18)27(20)14-22(28)24-16-8-10-17(11-9-16)29-15-21-23-12-13-26(21)2/h4-13H,3,14-15H2,1-2H3,(H,24,28). The topological polar surface area (TPSA) is 74.0 Å². The number of carbonyl (C=O) groups is 1. The maximum absolute atomic E-state index is 12.6. The average molecular weight is 389 g/mol. The Balaban J connectivity index is 1.39. The van der Waals surface area contributed by atoms with Gasteiger partial charge in [0.25, 0.3) is 0 Å². The normalized spacial score (nSPS) is 11.0. The number of carbonyl (C=O) groups excluding carboxylic acids is 1. The smallest absolute Gasteiger partial charge is 0.244 e. The molecule has 1 N–H and O–H groups in total. The van der Waals surface area contributed by atoms with Gasteiger partial charge >= 0.3 is 0 Å². The lowest BCUT2D eigenvalue weighted by Crippen LogP contribution is -2.20. The molecule has 7 nitrogen and oxygen atoms in total. The molecule has 2 aromatic carbocycles. The number of imidazole rings is 2. The summed E-state index contributed by atoms with van der Waals surface area (Å²) < 4.78 is 9.63. The molecule has 0 fully saturated rings. The van der Waals surface area contributed by atoms with Crippen molar-refractivity contribution in [2.75, 3.05) is 5.32 Å². The molecule has 0 saturated carbocycles. The van der Waals surface area contributed by atoms with E-state index < -0.39 is 0 Å². The number of para-hydroxylation sites is 2. The van der Waals surface area contributed by atoms with Gasteiger partial charge < -0.3 is 19.2 Å². The zero-order valence-corrected chi connectivity index (χ0v) is 16.5. The Morgan fingerprint density at radius 3 is 2.62 bits per heavy atom. The third kappa shape index (κ3) is 4.13. The lowest BCUT2D eigenvalue weighted by Gasteiger charge is -2.10. The van der Waals surface area contributed by atoms with Gasteiger partial charge in [-0.1, -0.05) is 19.1 Å². The second kappa shape index (κ2) is 8.18. The summed E-state index contributed by atoms with van der Waals surface area (Å²) in [6.07, 6.45) is 4.39. The van der Waals surface area contributed by atoms with Gasteiger partial charge in [0.2, 0.25) is 5.91 Å². The Bertz CT molecular complexity index is 1130. The van der Waals surface area contributed by atoms with Crippen molar-refractivity contribution >= 4 is 22.6 Å². The fraction of sp³-hybridized carbons (Fsp3) is 0.227. The first-order chi connectivity index (χ1) is 14.1. The number of aryl methyl sites for hydroxylation is 2. The molecule has 0 saturated heterocycles. The van der Waals surface area contributed by atoms with Gasteiger partial charge in [-0.05, 0) is 36.4 Å². The molecule has 4 rings (SSSR count). The van der Waals surface area contributed by atoms with Crippen molar-refractivity contribution in [1.82, 2.24) is 19.1 Å². The number of benzene rings is 2. The van der Waals surface area contributed by atoms with Crippen molar-refractivity contribution in [2.24, 2.45) is 7.05 Å². The number of nitrogens with zero attached hydrogens (tertiary/aromatic N) is 4. The van der Waals surface area contributed by atoms with Crippen LogP contribution in [0.15, 0.2) is 60.9 Å². The van der Waals surface area contributed by atoms with E-state index in [0.717, 1.165) is 40.5 Å². The maximum Gasteiger partial charge on any atom is 0.244 e. The zero-order chi connectivity index (χ0) is 20.2. The van der Waals surface area contributed by atoms with Gasteiger partial charge in [-0.2, -0.15) is 0 Å². The van der Waals surface area contributed by atoms with E-state index in [2.05, 4.69) is 15.3 Å². The highest BCUT2D eigenvalue weighted by molar-refractivity contribution is 5.91. The highest BCUT2D eigenvalue weighted by Gasteiger charge is 2.12. The molecule has 2 heterocycles. The van der Waals surface area contributed by atoms with Crippen molar-refractivity contribution < 1.29 is 9.53 Å². The molecular formula is C22H23N5O2. The number of rotatable bonds is 7. The minimum absolute atomic E-state index is 0.0930. The predicted octanol–water partition coefficient (Wildman–Crippen LogP) is 3.55. The second-order valence-corrected chi connectivity index (χ2v) is 6.77. The number of nitrogens with one attached hydrogen (secondary N) is 1. The first-order valence-electron chi connectivity index (χ1n) is 9.57. The van der Waals surface area contributed by atoms with Crippen LogP contribution >= 0.6 is 0 Å². The van der Waals surface area contributed by atoms with E-state index >= 15 is 0 Å². The lowest BCUT2D eigenvalue weighted by molar-refractivity contribution is -0.116. The SMILES string of the molecule is CCc1nc2ccccc2n1CC(=O)Nc1ccc(OCc2nccn2C)cc1. The molecule has 0 unspecified atom stereocenters. The summed E-state index contributed by atoms with van der Waals surface area (Å²) in [5.41, 5.74) is 2.60. The first kappa shape index (κ1) is 18.7. The summed E-state index contributed by atoms with van der Waals surface area (Å²) in [5.74, 6) is 2.38. The second-order valence-electron chi connectivity index (χ2n) is 6.77. The monoisotopic (exact) mass is 389 g/mol. The van der Waals surface area contributed by atoms with Gasteiger partial charge in [-0.25, -0.2) is 9.97 Å². The summed E-state index contributed by atoms with van der Waals surface area (Å²) in [6, 6.07) is 15.2. The number of hydrogen-bond donors (Lipinski definition) is 1. The van der Waals surface area contributed by atoms with Crippen LogP contribution in [0, 0.1) is 0 Å². The minimum atomic E-state index is -0.0930. The molecule has 0 aliphatic heterocycles. The fourth-order valence-corrected chi connectivity index (χ4v) is 3.23. The third-order valence-corrected chi connectivity index (χ3v) is 4.78. The van der Waals surface area contributed by atoms with Crippen LogP contribution in [0.25, 0.3) is 11.0 Å². The summed E-state index contributed by atoms with van der Waals surface area (Å²) >= 11 is 0. The van der Waals surface area contributed by atoms with Crippen molar-refractivity contribution in [3.63, 3.8) is 0 Å². The van der Waals surface area contributed by atoms with Gasteiger partial charge in [-0.3, -0.25) is 4.79 Å². The van der Waals surface area contributed by atoms with Crippen LogP contribution in [0.2, 0.25) is 0 Å². The van der Waals surface area contributed by atoms with E-state index in [4.69, 9.17) is 4.74 Å². The van der Waals surface area contributed by atoms with Crippen molar-refractivity contribution in [3.8, 4) is 5.75 Å².